The molecule has 3 nitrogen and oxygen atoms in total. The van der Waals surface area contributed by atoms with Gasteiger partial charge in [-0.2, -0.15) is 26.3 Å². The van der Waals surface area contributed by atoms with Gasteiger partial charge in [0, 0.05) is 16.7 Å². The Kier molecular flexibility index (Phi) is 3.94. The van der Waals surface area contributed by atoms with Crippen molar-refractivity contribution in [1.82, 2.24) is 14.6 Å². The van der Waals surface area contributed by atoms with E-state index in [-0.39, 0.29) is 27.9 Å². The molecule has 24 heavy (non-hydrogen) atoms. The number of hydrogen-bond acceptors (Lipinski definition) is 3. The van der Waals surface area contributed by atoms with E-state index in [1.165, 1.54) is 42.6 Å². The standard InChI is InChI=1S/C14H7F6N3S/c15-13(16,17)12-21-11-10(5-2-6-23(11)22-12)8-3-1-4-9(7-8)24-14(18,19)20/h1-7H. The summed E-state index contributed by atoms with van der Waals surface area (Å²) in [6.45, 7) is 0. The maximum Gasteiger partial charge on any atom is 0.453 e. The Morgan fingerprint density at radius 2 is 1.71 bits per heavy atom. The largest absolute Gasteiger partial charge is 0.453 e. The van der Waals surface area contributed by atoms with Crippen molar-refractivity contribution in [3.8, 4) is 11.1 Å². The van der Waals surface area contributed by atoms with Gasteiger partial charge in [0.2, 0.25) is 0 Å². The quantitative estimate of drug-likeness (QED) is 0.473. The lowest BCUT2D eigenvalue weighted by Gasteiger charge is -2.08. The minimum Gasteiger partial charge on any atom is -0.220 e. The van der Waals surface area contributed by atoms with Gasteiger partial charge in [0.1, 0.15) is 0 Å². The Labute approximate surface area is 135 Å². The van der Waals surface area contributed by atoms with Crippen LogP contribution in [0.1, 0.15) is 5.82 Å². The van der Waals surface area contributed by atoms with Crippen molar-refractivity contribution in [3.63, 3.8) is 0 Å². The van der Waals surface area contributed by atoms with Crippen LogP contribution in [-0.2, 0) is 6.18 Å². The lowest BCUT2D eigenvalue weighted by Crippen LogP contribution is -2.07. The zero-order chi connectivity index (χ0) is 17.5. The third kappa shape index (κ3) is 3.48. The number of aromatic nitrogens is 3. The first kappa shape index (κ1) is 16.6. The van der Waals surface area contributed by atoms with Crippen molar-refractivity contribution in [2.75, 3.05) is 0 Å². The predicted octanol–water partition coefficient (Wildman–Crippen LogP) is 5.03. The number of thioether (sulfide) groups is 1. The second-order valence-corrected chi connectivity index (χ2v) is 5.84. The molecule has 0 aliphatic carbocycles. The molecule has 0 radical (unpaired) electrons. The molecule has 10 heteroatoms. The highest BCUT2D eigenvalue weighted by atomic mass is 32.2. The minimum absolute atomic E-state index is 0.0717. The molecule has 0 atom stereocenters. The summed E-state index contributed by atoms with van der Waals surface area (Å²) in [5, 5.41) is 3.35. The Morgan fingerprint density at radius 1 is 0.958 bits per heavy atom. The van der Waals surface area contributed by atoms with Crippen molar-refractivity contribution in [2.45, 2.75) is 16.6 Å². The lowest BCUT2D eigenvalue weighted by molar-refractivity contribution is -0.144. The molecule has 0 unspecified atom stereocenters. The summed E-state index contributed by atoms with van der Waals surface area (Å²) in [7, 11) is 0. The van der Waals surface area contributed by atoms with E-state index < -0.39 is 17.5 Å². The van der Waals surface area contributed by atoms with E-state index in [9.17, 15) is 26.3 Å². The monoisotopic (exact) mass is 363 g/mol. The van der Waals surface area contributed by atoms with Crippen LogP contribution in [0.15, 0.2) is 47.5 Å². The van der Waals surface area contributed by atoms with Crippen molar-refractivity contribution >= 4 is 17.4 Å². The fourth-order valence-electron chi connectivity index (χ4n) is 2.11. The molecule has 126 valence electrons. The molecular weight excluding hydrogens is 356 g/mol. The average molecular weight is 363 g/mol. The molecule has 0 aliphatic rings. The number of alkyl halides is 6. The van der Waals surface area contributed by atoms with E-state index in [2.05, 4.69) is 10.1 Å². The summed E-state index contributed by atoms with van der Waals surface area (Å²) >= 11 is -0.298. The molecule has 0 amide bonds. The van der Waals surface area contributed by atoms with Gasteiger partial charge < -0.3 is 0 Å². The smallest absolute Gasteiger partial charge is 0.220 e. The number of nitrogens with zero attached hydrogens (tertiary/aromatic N) is 3. The van der Waals surface area contributed by atoms with Gasteiger partial charge >= 0.3 is 11.7 Å². The fourth-order valence-corrected chi connectivity index (χ4v) is 2.71. The zero-order valence-electron chi connectivity index (χ0n) is 11.6. The molecule has 1 aromatic carbocycles. The first-order valence-corrected chi connectivity index (χ1v) is 7.24. The maximum absolute atomic E-state index is 12.7. The third-order valence-electron chi connectivity index (χ3n) is 2.99. The van der Waals surface area contributed by atoms with Gasteiger partial charge in [0.05, 0.1) is 0 Å². The summed E-state index contributed by atoms with van der Waals surface area (Å²) in [4.78, 5) is 3.39. The van der Waals surface area contributed by atoms with Crippen molar-refractivity contribution in [3.05, 3.63) is 48.4 Å². The van der Waals surface area contributed by atoms with Crippen LogP contribution in [0.3, 0.4) is 0 Å². The first-order chi connectivity index (χ1) is 11.1. The van der Waals surface area contributed by atoms with Gasteiger partial charge in [-0.3, -0.25) is 0 Å². The Morgan fingerprint density at radius 3 is 2.38 bits per heavy atom. The Hall–Kier alpha value is -2.23. The minimum atomic E-state index is -4.71. The van der Waals surface area contributed by atoms with Gasteiger partial charge in [0.15, 0.2) is 5.65 Å². The lowest BCUT2D eigenvalue weighted by atomic mass is 10.1. The van der Waals surface area contributed by atoms with E-state index in [1.807, 2.05) is 0 Å². The molecule has 0 aliphatic heterocycles. The SMILES string of the molecule is FC(F)(F)Sc1cccc(-c2cccn3nc(C(F)(F)F)nc23)c1. The van der Waals surface area contributed by atoms with Crippen molar-refractivity contribution < 1.29 is 26.3 Å². The summed E-state index contributed by atoms with van der Waals surface area (Å²) < 4.78 is 76.6. The number of benzene rings is 1. The van der Waals surface area contributed by atoms with Crippen LogP contribution in [0.2, 0.25) is 0 Å². The Bertz CT molecular complexity index is 884. The number of rotatable bonds is 2. The molecule has 0 bridgehead atoms. The van der Waals surface area contributed by atoms with Crippen LogP contribution in [0.25, 0.3) is 16.8 Å². The second kappa shape index (κ2) is 5.69. The zero-order valence-corrected chi connectivity index (χ0v) is 12.4. The highest BCUT2D eigenvalue weighted by molar-refractivity contribution is 8.00. The molecule has 2 heterocycles. The predicted molar refractivity (Wildman–Crippen MR) is 75.3 cm³/mol. The fraction of sp³-hybridized carbons (Fsp3) is 0.143. The highest BCUT2D eigenvalue weighted by Crippen LogP contribution is 2.38. The summed E-state index contributed by atoms with van der Waals surface area (Å²) in [5.41, 5.74) is -3.97. The van der Waals surface area contributed by atoms with Crippen LogP contribution in [0, 0.1) is 0 Å². The van der Waals surface area contributed by atoms with E-state index in [1.54, 1.807) is 0 Å². The normalized spacial score (nSPS) is 12.8. The van der Waals surface area contributed by atoms with Gasteiger partial charge in [-0.25, -0.2) is 9.50 Å². The van der Waals surface area contributed by atoms with Crippen LogP contribution >= 0.6 is 11.8 Å². The number of fused-ring (bicyclic) bond motifs is 1. The van der Waals surface area contributed by atoms with Gasteiger partial charge in [-0.05, 0) is 41.6 Å². The number of pyridine rings is 1. The molecule has 0 N–H and O–H groups in total. The maximum atomic E-state index is 12.7. The summed E-state index contributed by atoms with van der Waals surface area (Å²) in [5.74, 6) is -1.31. The van der Waals surface area contributed by atoms with Crippen molar-refractivity contribution in [1.29, 1.82) is 0 Å². The van der Waals surface area contributed by atoms with Crippen LogP contribution in [-0.4, -0.2) is 20.1 Å². The molecule has 0 spiro atoms. The molecule has 3 aromatic rings. The van der Waals surface area contributed by atoms with Gasteiger partial charge in [-0.15, -0.1) is 5.10 Å². The molecular formula is C14H7F6N3S. The van der Waals surface area contributed by atoms with Crippen LogP contribution in [0.4, 0.5) is 26.3 Å². The van der Waals surface area contributed by atoms with Crippen LogP contribution < -0.4 is 0 Å². The Balaban J connectivity index is 2.10. The molecule has 0 saturated carbocycles. The number of halogens is 6. The van der Waals surface area contributed by atoms with E-state index in [4.69, 9.17) is 0 Å². The first-order valence-electron chi connectivity index (χ1n) is 6.42. The molecule has 0 saturated heterocycles. The van der Waals surface area contributed by atoms with Crippen LogP contribution in [0.5, 0.6) is 0 Å². The highest BCUT2D eigenvalue weighted by Gasteiger charge is 2.36. The van der Waals surface area contributed by atoms with Gasteiger partial charge in [0.25, 0.3) is 5.82 Å². The molecule has 0 fully saturated rings. The second-order valence-electron chi connectivity index (χ2n) is 4.70. The van der Waals surface area contributed by atoms with E-state index in [0.717, 1.165) is 4.52 Å². The summed E-state index contributed by atoms with van der Waals surface area (Å²) in [6, 6.07) is 8.33. The number of hydrogen-bond donors (Lipinski definition) is 0. The van der Waals surface area contributed by atoms with Crippen molar-refractivity contribution in [2.24, 2.45) is 0 Å². The summed E-state index contributed by atoms with van der Waals surface area (Å²) in [6.07, 6.45) is -3.42. The average Bonchev–Trinajstić information content (AvgIpc) is 2.89. The molecule has 3 rings (SSSR count). The van der Waals surface area contributed by atoms with Gasteiger partial charge in [-0.1, -0.05) is 12.1 Å². The molecule has 2 aromatic heterocycles. The van der Waals surface area contributed by atoms with E-state index in [0.29, 0.717) is 5.56 Å². The topological polar surface area (TPSA) is 30.2 Å². The third-order valence-corrected chi connectivity index (χ3v) is 3.72. The van der Waals surface area contributed by atoms with E-state index >= 15 is 0 Å².